The van der Waals surface area contributed by atoms with E-state index in [9.17, 15) is 4.79 Å². The third kappa shape index (κ3) is 3.06. The molecule has 1 atom stereocenters. The molecule has 2 aromatic carbocycles. The van der Waals surface area contributed by atoms with Gasteiger partial charge in [0, 0.05) is 8.95 Å². The normalized spacial score (nSPS) is 16.4. The molecule has 1 aliphatic heterocycles. The van der Waals surface area contributed by atoms with Crippen molar-refractivity contribution in [3.63, 3.8) is 0 Å². The van der Waals surface area contributed by atoms with Crippen LogP contribution in [0.4, 0.5) is 11.4 Å². The molecule has 0 spiro atoms. The van der Waals surface area contributed by atoms with Crippen LogP contribution in [0.3, 0.4) is 0 Å². The molecule has 1 aliphatic rings. The lowest BCUT2D eigenvalue weighted by atomic mass is 10.2. The van der Waals surface area contributed by atoms with Gasteiger partial charge in [0.2, 0.25) is 0 Å². The fourth-order valence-corrected chi connectivity index (χ4v) is 3.28. The van der Waals surface area contributed by atoms with Crippen molar-refractivity contribution >= 4 is 49.1 Å². The van der Waals surface area contributed by atoms with E-state index in [2.05, 4.69) is 42.5 Å². The molecule has 4 nitrogen and oxygen atoms in total. The van der Waals surface area contributed by atoms with Crippen LogP contribution in [0.25, 0.3) is 0 Å². The van der Waals surface area contributed by atoms with Crippen LogP contribution in [0.1, 0.15) is 0 Å². The summed E-state index contributed by atoms with van der Waals surface area (Å²) in [7, 11) is 0. The highest BCUT2D eigenvalue weighted by atomic mass is 79.9. The van der Waals surface area contributed by atoms with Gasteiger partial charge in [0.1, 0.15) is 5.75 Å². The molecule has 21 heavy (non-hydrogen) atoms. The van der Waals surface area contributed by atoms with Gasteiger partial charge >= 0.3 is 0 Å². The van der Waals surface area contributed by atoms with Gasteiger partial charge in [0.05, 0.1) is 17.9 Å². The molecular weight excluding hydrogens is 400 g/mol. The van der Waals surface area contributed by atoms with Crippen LogP contribution in [-0.2, 0) is 4.79 Å². The predicted molar refractivity (Wildman–Crippen MR) is 89.8 cm³/mol. The summed E-state index contributed by atoms with van der Waals surface area (Å²) >= 11 is 6.85. The molecule has 0 radical (unpaired) electrons. The van der Waals surface area contributed by atoms with Crippen molar-refractivity contribution in [2.24, 2.45) is 0 Å². The first-order valence-corrected chi connectivity index (χ1v) is 7.98. The fraction of sp³-hybridized carbons (Fsp3) is 0.133. The second kappa shape index (κ2) is 6.07. The summed E-state index contributed by atoms with van der Waals surface area (Å²) in [6.45, 7) is 0.435. The van der Waals surface area contributed by atoms with Crippen molar-refractivity contribution in [2.45, 2.75) is 6.10 Å². The first-order chi connectivity index (χ1) is 10.1. The topological polar surface area (TPSA) is 50.4 Å². The molecule has 0 saturated carbocycles. The maximum absolute atomic E-state index is 12.4. The van der Waals surface area contributed by atoms with Crippen LogP contribution < -0.4 is 15.4 Å². The number of hydrogen-bond donors (Lipinski definition) is 2. The summed E-state index contributed by atoms with van der Waals surface area (Å²) < 4.78 is 7.37. The first kappa shape index (κ1) is 14.4. The van der Waals surface area contributed by atoms with E-state index >= 15 is 0 Å². The van der Waals surface area contributed by atoms with E-state index in [0.717, 1.165) is 14.6 Å². The minimum Gasteiger partial charge on any atom is -0.477 e. The Morgan fingerprint density at radius 1 is 1.14 bits per heavy atom. The van der Waals surface area contributed by atoms with Crippen LogP contribution in [0.15, 0.2) is 51.4 Å². The van der Waals surface area contributed by atoms with Gasteiger partial charge < -0.3 is 15.4 Å². The summed E-state index contributed by atoms with van der Waals surface area (Å²) in [5.41, 5.74) is 1.61. The maximum atomic E-state index is 12.4. The van der Waals surface area contributed by atoms with Crippen molar-refractivity contribution in [3.05, 3.63) is 51.4 Å². The number of ether oxygens (including phenoxy) is 1. The number of halogens is 2. The smallest absolute Gasteiger partial charge is 0.267 e. The lowest BCUT2D eigenvalue weighted by Crippen LogP contribution is -2.41. The number of anilines is 2. The number of amides is 1. The molecule has 1 amide bonds. The third-order valence-electron chi connectivity index (χ3n) is 3.14. The van der Waals surface area contributed by atoms with Crippen molar-refractivity contribution in [1.29, 1.82) is 0 Å². The Balaban J connectivity index is 1.76. The van der Waals surface area contributed by atoms with Crippen molar-refractivity contribution in [3.8, 4) is 5.75 Å². The van der Waals surface area contributed by atoms with Crippen LogP contribution in [0.5, 0.6) is 5.75 Å². The average molecular weight is 412 g/mol. The molecule has 6 heteroatoms. The molecule has 1 heterocycles. The zero-order chi connectivity index (χ0) is 14.8. The minimum atomic E-state index is -0.570. The number of hydrogen-bond acceptors (Lipinski definition) is 3. The summed E-state index contributed by atoms with van der Waals surface area (Å²) in [5.74, 6) is 0.500. The molecule has 0 bridgehead atoms. The number of benzene rings is 2. The van der Waals surface area contributed by atoms with Gasteiger partial charge in [0.25, 0.3) is 5.91 Å². The zero-order valence-electron chi connectivity index (χ0n) is 10.9. The summed E-state index contributed by atoms with van der Waals surface area (Å²) in [6.07, 6.45) is -0.570. The van der Waals surface area contributed by atoms with Crippen molar-refractivity contribution < 1.29 is 9.53 Å². The molecule has 108 valence electrons. The Morgan fingerprint density at radius 3 is 2.62 bits per heavy atom. The van der Waals surface area contributed by atoms with Gasteiger partial charge in [-0.2, -0.15) is 0 Å². The second-order valence-corrected chi connectivity index (χ2v) is 6.28. The highest BCUT2D eigenvalue weighted by Gasteiger charge is 2.26. The van der Waals surface area contributed by atoms with E-state index in [0.29, 0.717) is 18.0 Å². The molecule has 0 saturated heterocycles. The summed E-state index contributed by atoms with van der Waals surface area (Å²) in [4.78, 5) is 12.4. The highest BCUT2D eigenvalue weighted by molar-refractivity contribution is 9.11. The van der Waals surface area contributed by atoms with Gasteiger partial charge in [0.15, 0.2) is 6.10 Å². The van der Waals surface area contributed by atoms with E-state index in [1.54, 1.807) is 0 Å². The lowest BCUT2D eigenvalue weighted by molar-refractivity contribution is -0.122. The standard InChI is InChI=1S/C15H12Br2N2O2/c16-9-4-3-5-10(17)14(9)19-15(20)13-8-18-11-6-1-2-7-12(11)21-13/h1-7,13,18H,8H2,(H,19,20). The van der Waals surface area contributed by atoms with Crippen LogP contribution in [0, 0.1) is 0 Å². The minimum absolute atomic E-state index is 0.190. The number of para-hydroxylation sites is 3. The van der Waals surface area contributed by atoms with E-state index in [4.69, 9.17) is 4.74 Å². The lowest BCUT2D eigenvalue weighted by Gasteiger charge is -2.26. The Bertz CT molecular complexity index is 671. The SMILES string of the molecule is O=C(Nc1c(Br)cccc1Br)C1CNc2ccccc2O1. The highest BCUT2D eigenvalue weighted by Crippen LogP contribution is 2.32. The molecule has 0 aromatic heterocycles. The largest absolute Gasteiger partial charge is 0.477 e. The number of rotatable bonds is 2. The molecule has 2 aromatic rings. The van der Waals surface area contributed by atoms with E-state index in [-0.39, 0.29) is 5.91 Å². The number of carbonyl (C=O) groups excluding carboxylic acids is 1. The second-order valence-electron chi connectivity index (χ2n) is 4.57. The Kier molecular flexibility index (Phi) is 4.17. The molecule has 1 unspecified atom stereocenters. The molecular formula is C15H12Br2N2O2. The third-order valence-corrected chi connectivity index (χ3v) is 4.46. The van der Waals surface area contributed by atoms with Crippen molar-refractivity contribution in [1.82, 2.24) is 0 Å². The monoisotopic (exact) mass is 410 g/mol. The van der Waals surface area contributed by atoms with E-state index in [1.807, 2.05) is 42.5 Å². The summed E-state index contributed by atoms with van der Waals surface area (Å²) in [6, 6.07) is 13.2. The number of nitrogens with one attached hydrogen (secondary N) is 2. The van der Waals surface area contributed by atoms with Gasteiger partial charge in [-0.3, -0.25) is 4.79 Å². The molecule has 0 aliphatic carbocycles. The van der Waals surface area contributed by atoms with Crippen LogP contribution in [-0.4, -0.2) is 18.6 Å². The van der Waals surface area contributed by atoms with E-state index in [1.165, 1.54) is 0 Å². The molecule has 2 N–H and O–H groups in total. The average Bonchev–Trinajstić information content (AvgIpc) is 2.50. The quantitative estimate of drug-likeness (QED) is 0.784. The van der Waals surface area contributed by atoms with E-state index < -0.39 is 6.10 Å². The van der Waals surface area contributed by atoms with Crippen molar-refractivity contribution in [2.75, 3.05) is 17.2 Å². The number of carbonyl (C=O) groups is 1. The Labute approximate surface area is 139 Å². The summed E-state index contributed by atoms with van der Waals surface area (Å²) in [5, 5.41) is 6.08. The number of fused-ring (bicyclic) bond motifs is 1. The van der Waals surface area contributed by atoms with Gasteiger partial charge in [-0.1, -0.05) is 18.2 Å². The van der Waals surface area contributed by atoms with Gasteiger partial charge in [-0.25, -0.2) is 0 Å². The Morgan fingerprint density at radius 2 is 1.86 bits per heavy atom. The Hall–Kier alpha value is -1.53. The van der Waals surface area contributed by atoms with Gasteiger partial charge in [-0.05, 0) is 56.1 Å². The predicted octanol–water partition coefficient (Wildman–Crippen LogP) is 4.02. The molecule has 0 fully saturated rings. The molecule has 3 rings (SSSR count). The van der Waals surface area contributed by atoms with Crippen LogP contribution in [0.2, 0.25) is 0 Å². The van der Waals surface area contributed by atoms with Crippen LogP contribution >= 0.6 is 31.9 Å². The van der Waals surface area contributed by atoms with Gasteiger partial charge in [-0.15, -0.1) is 0 Å². The first-order valence-electron chi connectivity index (χ1n) is 6.39. The maximum Gasteiger partial charge on any atom is 0.267 e. The fourth-order valence-electron chi connectivity index (χ4n) is 2.08. The zero-order valence-corrected chi connectivity index (χ0v) is 14.1.